The molecule has 0 spiro atoms. The van der Waals surface area contributed by atoms with Crippen LogP contribution in [0.1, 0.15) is 42.2 Å². The van der Waals surface area contributed by atoms with Gasteiger partial charge in [-0.15, -0.1) is 0 Å². The van der Waals surface area contributed by atoms with Crippen molar-refractivity contribution in [2.75, 3.05) is 12.9 Å². The first-order valence-electron chi connectivity index (χ1n) is 11.5. The SMILES string of the molecule is CCCCS(=O)(=O)NC(c1ccc(O)c(OC)c1)P(=O)(Oc1ccc(C)cc1)Oc1ccc(C)cc1. The second kappa shape index (κ2) is 11.8. The summed E-state index contributed by atoms with van der Waals surface area (Å²) in [6.45, 7) is 5.68. The predicted octanol–water partition coefficient (Wildman–Crippen LogP) is 6.09. The number of phenolic OH excluding ortho intramolecular Hbond substituents is 1. The average molecular weight is 534 g/mol. The summed E-state index contributed by atoms with van der Waals surface area (Å²) in [6, 6.07) is 17.9. The molecule has 0 fully saturated rings. The Kier molecular flexibility index (Phi) is 9.06. The van der Waals surface area contributed by atoms with E-state index in [1.807, 2.05) is 20.8 Å². The zero-order chi connectivity index (χ0) is 26.3. The second-order valence-corrected chi connectivity index (χ2v) is 12.3. The first-order valence-corrected chi connectivity index (χ1v) is 14.8. The first-order chi connectivity index (χ1) is 17.0. The lowest BCUT2D eigenvalue weighted by molar-refractivity contribution is 0.364. The van der Waals surface area contributed by atoms with Gasteiger partial charge in [0, 0.05) is 0 Å². The number of benzene rings is 3. The molecular formula is C26H32NO7PS. The van der Waals surface area contributed by atoms with Crippen LogP contribution >= 0.6 is 7.60 Å². The van der Waals surface area contributed by atoms with Crippen LogP contribution < -0.4 is 18.5 Å². The molecule has 3 aromatic carbocycles. The highest BCUT2D eigenvalue weighted by atomic mass is 32.2. The number of ether oxygens (including phenoxy) is 1. The highest BCUT2D eigenvalue weighted by Gasteiger charge is 2.43. The molecule has 0 aromatic heterocycles. The van der Waals surface area contributed by atoms with Crippen molar-refractivity contribution in [2.45, 2.75) is 39.4 Å². The number of unbranched alkanes of at least 4 members (excludes halogenated alkanes) is 1. The van der Waals surface area contributed by atoms with Gasteiger partial charge in [-0.1, -0.05) is 54.8 Å². The summed E-state index contributed by atoms with van der Waals surface area (Å²) in [5.74, 6) is -1.16. The number of methoxy groups -OCH3 is 1. The van der Waals surface area contributed by atoms with Crippen LogP contribution in [0, 0.1) is 13.8 Å². The predicted molar refractivity (Wildman–Crippen MR) is 140 cm³/mol. The molecule has 10 heteroatoms. The third-order valence-electron chi connectivity index (χ3n) is 5.40. The average Bonchev–Trinajstić information content (AvgIpc) is 2.85. The number of hydrogen-bond acceptors (Lipinski definition) is 7. The van der Waals surface area contributed by atoms with Gasteiger partial charge in [-0.2, -0.15) is 4.72 Å². The van der Waals surface area contributed by atoms with Gasteiger partial charge in [-0.3, -0.25) is 0 Å². The minimum atomic E-state index is -4.33. The summed E-state index contributed by atoms with van der Waals surface area (Å²) in [4.78, 5) is 0. The minimum absolute atomic E-state index is 0.0856. The highest BCUT2D eigenvalue weighted by Crippen LogP contribution is 2.59. The molecule has 0 aliphatic heterocycles. The molecule has 0 aliphatic carbocycles. The van der Waals surface area contributed by atoms with Gasteiger partial charge in [0.25, 0.3) is 0 Å². The Bertz CT molecular complexity index is 1260. The molecule has 1 unspecified atom stereocenters. The summed E-state index contributed by atoms with van der Waals surface area (Å²) in [7, 11) is -6.85. The Balaban J connectivity index is 2.15. The quantitative estimate of drug-likeness (QED) is 0.271. The van der Waals surface area contributed by atoms with Gasteiger partial charge in [0.15, 0.2) is 17.3 Å². The van der Waals surface area contributed by atoms with E-state index in [1.165, 1.54) is 25.3 Å². The summed E-state index contributed by atoms with van der Waals surface area (Å²) in [5, 5.41) is 10.1. The maximum absolute atomic E-state index is 14.6. The van der Waals surface area contributed by atoms with Crippen LogP contribution in [-0.4, -0.2) is 26.4 Å². The lowest BCUT2D eigenvalue weighted by atomic mass is 10.2. The second-order valence-electron chi connectivity index (χ2n) is 8.47. The van der Waals surface area contributed by atoms with Crippen LogP contribution in [0.2, 0.25) is 0 Å². The largest absolute Gasteiger partial charge is 0.504 e. The molecule has 8 nitrogen and oxygen atoms in total. The lowest BCUT2D eigenvalue weighted by Crippen LogP contribution is -2.33. The van der Waals surface area contributed by atoms with E-state index in [1.54, 1.807) is 48.5 Å². The molecule has 0 heterocycles. The van der Waals surface area contributed by atoms with Gasteiger partial charge in [-0.05, 0) is 62.2 Å². The van der Waals surface area contributed by atoms with Crippen LogP contribution in [0.25, 0.3) is 0 Å². The Morgan fingerprint density at radius 1 is 0.917 bits per heavy atom. The smallest absolute Gasteiger partial charge is 0.453 e. The lowest BCUT2D eigenvalue weighted by Gasteiger charge is -2.28. The number of sulfonamides is 1. The number of rotatable bonds is 12. The van der Waals surface area contributed by atoms with E-state index in [4.69, 9.17) is 13.8 Å². The summed E-state index contributed by atoms with van der Waals surface area (Å²) < 4.78 is 60.3. The van der Waals surface area contributed by atoms with E-state index in [2.05, 4.69) is 4.72 Å². The van der Waals surface area contributed by atoms with Crippen molar-refractivity contribution in [1.82, 2.24) is 4.72 Å². The Morgan fingerprint density at radius 2 is 1.44 bits per heavy atom. The van der Waals surface area contributed by atoms with Crippen molar-refractivity contribution in [3.63, 3.8) is 0 Å². The van der Waals surface area contributed by atoms with Gasteiger partial charge >= 0.3 is 7.60 Å². The molecule has 36 heavy (non-hydrogen) atoms. The fourth-order valence-electron chi connectivity index (χ4n) is 3.36. The zero-order valence-corrected chi connectivity index (χ0v) is 22.5. The molecule has 3 rings (SSSR count). The monoisotopic (exact) mass is 533 g/mol. The van der Waals surface area contributed by atoms with E-state index in [9.17, 15) is 18.1 Å². The molecule has 0 amide bonds. The van der Waals surface area contributed by atoms with Crippen LogP contribution in [-0.2, 0) is 14.6 Å². The molecule has 0 aliphatic rings. The van der Waals surface area contributed by atoms with Gasteiger partial charge in [0.05, 0.1) is 12.9 Å². The van der Waals surface area contributed by atoms with Gasteiger partial charge in [-0.25, -0.2) is 13.0 Å². The highest BCUT2D eigenvalue weighted by molar-refractivity contribution is 7.89. The number of hydrogen-bond donors (Lipinski definition) is 2. The normalized spacial score (nSPS) is 12.7. The van der Waals surface area contributed by atoms with E-state index in [0.29, 0.717) is 12.8 Å². The molecule has 0 saturated heterocycles. The van der Waals surface area contributed by atoms with Gasteiger partial charge in [0.1, 0.15) is 11.5 Å². The number of aromatic hydroxyl groups is 1. The van der Waals surface area contributed by atoms with Gasteiger partial charge in [0.2, 0.25) is 10.0 Å². The molecule has 0 saturated carbocycles. The van der Waals surface area contributed by atoms with Crippen LogP contribution in [0.5, 0.6) is 23.0 Å². The molecule has 194 valence electrons. The molecule has 0 bridgehead atoms. The fraction of sp³-hybridized carbons (Fsp3) is 0.308. The number of aryl methyl sites for hydroxylation is 2. The molecule has 1 atom stereocenters. The van der Waals surface area contributed by atoms with Crippen LogP contribution in [0.15, 0.2) is 66.7 Å². The third kappa shape index (κ3) is 7.26. The van der Waals surface area contributed by atoms with Crippen molar-refractivity contribution >= 4 is 17.6 Å². The van der Waals surface area contributed by atoms with E-state index >= 15 is 0 Å². The number of phenols is 1. The first kappa shape index (κ1) is 27.6. The Hall–Kier alpha value is -3.00. The minimum Gasteiger partial charge on any atom is -0.504 e. The van der Waals surface area contributed by atoms with Crippen molar-refractivity contribution in [3.05, 3.63) is 83.4 Å². The Labute approximate surface area is 212 Å². The molecule has 2 N–H and O–H groups in total. The fourth-order valence-corrected chi connectivity index (χ4v) is 7.22. The number of nitrogens with one attached hydrogen (secondary N) is 1. The van der Waals surface area contributed by atoms with Crippen molar-refractivity contribution in [3.8, 4) is 23.0 Å². The molecular weight excluding hydrogens is 501 g/mol. The van der Waals surface area contributed by atoms with E-state index in [0.717, 1.165) is 11.1 Å². The van der Waals surface area contributed by atoms with Gasteiger partial charge < -0.3 is 18.9 Å². The topological polar surface area (TPSA) is 111 Å². The molecule has 3 aromatic rings. The molecule has 0 radical (unpaired) electrons. The van der Waals surface area contributed by atoms with Crippen LogP contribution in [0.4, 0.5) is 0 Å². The third-order valence-corrected chi connectivity index (χ3v) is 8.99. The van der Waals surface area contributed by atoms with Crippen LogP contribution in [0.3, 0.4) is 0 Å². The summed E-state index contributed by atoms with van der Waals surface area (Å²) >= 11 is 0. The van der Waals surface area contributed by atoms with E-state index < -0.39 is 23.4 Å². The standard InChI is InChI=1S/C26H32NO7PS/c1-5-6-17-36(30,31)27-26(21-11-16-24(28)25(18-21)32-4)35(29,33-22-12-7-19(2)8-13-22)34-23-14-9-20(3)10-15-23/h7-16,18,26-28H,5-6,17H2,1-4H3. The summed E-state index contributed by atoms with van der Waals surface area (Å²) in [5.41, 5.74) is 2.18. The zero-order valence-electron chi connectivity index (χ0n) is 20.8. The Morgan fingerprint density at radius 3 is 1.92 bits per heavy atom. The maximum Gasteiger partial charge on any atom is 0.453 e. The van der Waals surface area contributed by atoms with Crippen molar-refractivity contribution in [2.24, 2.45) is 0 Å². The van der Waals surface area contributed by atoms with Crippen molar-refractivity contribution in [1.29, 1.82) is 0 Å². The maximum atomic E-state index is 14.6. The summed E-state index contributed by atoms with van der Waals surface area (Å²) in [6.07, 6.45) is 1.08. The van der Waals surface area contributed by atoms with Crippen molar-refractivity contribution < 1.29 is 31.9 Å². The van der Waals surface area contributed by atoms with E-state index in [-0.39, 0.29) is 34.3 Å².